The number of benzene rings is 1. The molecular formula is C17H24FN7O2. The second kappa shape index (κ2) is 7.97. The summed E-state index contributed by atoms with van der Waals surface area (Å²) in [7, 11) is 5.50. The number of urea groups is 1. The van der Waals surface area contributed by atoms with Crippen molar-refractivity contribution in [1.29, 1.82) is 0 Å². The van der Waals surface area contributed by atoms with Gasteiger partial charge in [0.15, 0.2) is 5.82 Å². The monoisotopic (exact) mass is 377 g/mol. The number of aromatic nitrogens is 4. The van der Waals surface area contributed by atoms with Gasteiger partial charge in [-0.3, -0.25) is 4.90 Å². The van der Waals surface area contributed by atoms with Gasteiger partial charge in [-0.15, -0.1) is 5.10 Å². The summed E-state index contributed by atoms with van der Waals surface area (Å²) in [6.07, 6.45) is 0.665. The molecule has 27 heavy (non-hydrogen) atoms. The largest absolute Gasteiger partial charge is 0.383 e. The molecule has 2 heterocycles. The van der Waals surface area contributed by atoms with E-state index < -0.39 is 11.4 Å². The summed E-state index contributed by atoms with van der Waals surface area (Å²) in [6.45, 7) is 1.91. The fraction of sp³-hybridized carbons (Fsp3) is 0.529. The summed E-state index contributed by atoms with van der Waals surface area (Å²) < 4.78 is 20.7. The van der Waals surface area contributed by atoms with Crippen molar-refractivity contribution < 1.29 is 13.9 Å². The maximum atomic E-state index is 13.8. The van der Waals surface area contributed by atoms with Crippen LogP contribution in [0, 0.1) is 5.82 Å². The molecule has 1 N–H and O–H groups in total. The summed E-state index contributed by atoms with van der Waals surface area (Å²) in [5.74, 6) is 0.221. The number of carbonyl (C=O) groups is 1. The number of methoxy groups -OCH3 is 1. The first-order valence-corrected chi connectivity index (χ1v) is 8.71. The Morgan fingerprint density at radius 3 is 2.89 bits per heavy atom. The highest BCUT2D eigenvalue weighted by molar-refractivity contribution is 5.89. The molecule has 10 heteroatoms. The molecule has 2 amide bonds. The molecule has 9 nitrogen and oxygen atoms in total. The standard InChI is InChI=1S/C17H24FN7O2/c1-23(2)17(15-20-21-22-25(15)10-11-27-3)8-9-24(12-17)16(26)19-14-7-5-4-6-13(14)18/h4-7H,8-12H2,1-3H3,(H,19,26). The van der Waals surface area contributed by atoms with E-state index in [4.69, 9.17) is 4.74 Å². The second-order valence-corrected chi connectivity index (χ2v) is 6.73. The van der Waals surface area contributed by atoms with Gasteiger partial charge in [0.05, 0.1) is 18.8 Å². The number of nitrogens with zero attached hydrogens (tertiary/aromatic N) is 6. The lowest BCUT2D eigenvalue weighted by molar-refractivity contribution is 0.132. The van der Waals surface area contributed by atoms with Gasteiger partial charge in [-0.2, -0.15) is 0 Å². The van der Waals surface area contributed by atoms with Gasteiger partial charge >= 0.3 is 6.03 Å². The third kappa shape index (κ3) is 3.76. The van der Waals surface area contributed by atoms with Gasteiger partial charge in [0.1, 0.15) is 11.4 Å². The summed E-state index contributed by atoms with van der Waals surface area (Å²) in [4.78, 5) is 16.3. The average molecular weight is 377 g/mol. The van der Waals surface area contributed by atoms with Crippen molar-refractivity contribution in [2.45, 2.75) is 18.5 Å². The van der Waals surface area contributed by atoms with E-state index in [9.17, 15) is 9.18 Å². The van der Waals surface area contributed by atoms with E-state index in [2.05, 4.69) is 20.8 Å². The van der Waals surface area contributed by atoms with E-state index in [1.165, 1.54) is 12.1 Å². The number of para-hydroxylation sites is 1. The van der Waals surface area contributed by atoms with Gasteiger partial charge in [-0.25, -0.2) is 13.9 Å². The van der Waals surface area contributed by atoms with Crippen LogP contribution in [-0.2, 0) is 16.8 Å². The van der Waals surface area contributed by atoms with Crippen molar-refractivity contribution in [2.24, 2.45) is 0 Å². The summed E-state index contributed by atoms with van der Waals surface area (Å²) >= 11 is 0. The van der Waals surface area contributed by atoms with E-state index >= 15 is 0 Å². The third-order valence-corrected chi connectivity index (χ3v) is 4.96. The molecule has 1 aliphatic heterocycles. The zero-order chi connectivity index (χ0) is 19.4. The number of rotatable bonds is 6. The maximum absolute atomic E-state index is 13.8. The number of tetrazole rings is 1. The molecule has 0 spiro atoms. The van der Waals surface area contributed by atoms with Crippen LogP contribution in [0.1, 0.15) is 12.2 Å². The predicted molar refractivity (Wildman–Crippen MR) is 96.7 cm³/mol. The molecule has 1 aromatic heterocycles. The zero-order valence-electron chi connectivity index (χ0n) is 15.7. The molecule has 1 fully saturated rings. The Morgan fingerprint density at radius 2 is 2.19 bits per heavy atom. The van der Waals surface area contributed by atoms with Gasteiger partial charge < -0.3 is 15.0 Å². The van der Waals surface area contributed by atoms with Gasteiger partial charge in [0.2, 0.25) is 0 Å². The van der Waals surface area contributed by atoms with Crippen LogP contribution in [0.5, 0.6) is 0 Å². The highest BCUT2D eigenvalue weighted by atomic mass is 19.1. The van der Waals surface area contributed by atoms with E-state index in [0.717, 1.165) is 0 Å². The van der Waals surface area contributed by atoms with Crippen LogP contribution in [0.4, 0.5) is 14.9 Å². The minimum absolute atomic E-state index is 0.162. The lowest BCUT2D eigenvalue weighted by atomic mass is 9.96. The molecule has 1 saturated heterocycles. The van der Waals surface area contributed by atoms with Gasteiger partial charge in [-0.05, 0) is 43.1 Å². The molecular weight excluding hydrogens is 353 g/mol. The molecule has 0 bridgehead atoms. The Bertz CT molecular complexity index is 797. The Balaban J connectivity index is 1.79. The van der Waals surface area contributed by atoms with E-state index in [-0.39, 0.29) is 11.7 Å². The first-order valence-electron chi connectivity index (χ1n) is 8.71. The van der Waals surface area contributed by atoms with Crippen LogP contribution in [0.25, 0.3) is 0 Å². The number of likely N-dealkylation sites (N-methyl/N-ethyl adjacent to an activating group) is 1. The first kappa shape index (κ1) is 19.2. The van der Waals surface area contributed by atoms with Crippen LogP contribution in [0.3, 0.4) is 0 Å². The normalized spacial score (nSPS) is 19.7. The Labute approximate surface area is 157 Å². The number of ether oxygens (including phenoxy) is 1. The molecule has 3 rings (SSSR count). The van der Waals surface area contributed by atoms with Crippen molar-refractivity contribution in [2.75, 3.05) is 46.2 Å². The van der Waals surface area contributed by atoms with Gasteiger partial charge in [-0.1, -0.05) is 12.1 Å². The predicted octanol–water partition coefficient (Wildman–Crippen LogP) is 1.15. The van der Waals surface area contributed by atoms with E-state index in [0.29, 0.717) is 38.5 Å². The van der Waals surface area contributed by atoms with Crippen LogP contribution >= 0.6 is 0 Å². The minimum atomic E-state index is -0.524. The van der Waals surface area contributed by atoms with Crippen molar-refractivity contribution in [3.63, 3.8) is 0 Å². The summed E-state index contributed by atoms with van der Waals surface area (Å²) in [5.41, 5.74) is -0.362. The summed E-state index contributed by atoms with van der Waals surface area (Å²) in [6, 6.07) is 5.76. The van der Waals surface area contributed by atoms with Crippen LogP contribution in [-0.4, -0.2) is 76.9 Å². The molecule has 1 aliphatic rings. The Hall–Kier alpha value is -2.59. The molecule has 1 atom stereocenters. The van der Waals surface area contributed by atoms with Gasteiger partial charge in [0, 0.05) is 20.2 Å². The smallest absolute Gasteiger partial charge is 0.322 e. The van der Waals surface area contributed by atoms with E-state index in [1.807, 2.05) is 19.0 Å². The number of hydrogen-bond donors (Lipinski definition) is 1. The zero-order valence-corrected chi connectivity index (χ0v) is 15.7. The molecule has 0 aliphatic carbocycles. The second-order valence-electron chi connectivity index (χ2n) is 6.73. The van der Waals surface area contributed by atoms with Gasteiger partial charge in [0.25, 0.3) is 0 Å². The molecule has 0 saturated carbocycles. The molecule has 146 valence electrons. The third-order valence-electron chi connectivity index (χ3n) is 4.96. The molecule has 1 unspecified atom stereocenters. The van der Waals surface area contributed by atoms with Crippen molar-refractivity contribution >= 4 is 11.7 Å². The van der Waals surface area contributed by atoms with E-state index in [1.54, 1.807) is 28.8 Å². The van der Waals surface area contributed by atoms with Crippen molar-refractivity contribution in [1.82, 2.24) is 30.0 Å². The average Bonchev–Trinajstić information content (AvgIpc) is 3.29. The first-order chi connectivity index (χ1) is 13.0. The van der Waals surface area contributed by atoms with Crippen LogP contribution < -0.4 is 5.32 Å². The lowest BCUT2D eigenvalue weighted by Gasteiger charge is -2.34. The van der Waals surface area contributed by atoms with Crippen LogP contribution in [0.2, 0.25) is 0 Å². The lowest BCUT2D eigenvalue weighted by Crippen LogP contribution is -2.47. The number of carbonyl (C=O) groups excluding carboxylic acids is 1. The number of likely N-dealkylation sites (tertiary alicyclic amines) is 1. The number of hydrogen-bond acceptors (Lipinski definition) is 6. The van der Waals surface area contributed by atoms with Crippen molar-refractivity contribution in [3.05, 3.63) is 35.9 Å². The number of nitrogens with one attached hydrogen (secondary N) is 1. The van der Waals surface area contributed by atoms with Crippen molar-refractivity contribution in [3.8, 4) is 0 Å². The molecule has 2 aromatic rings. The maximum Gasteiger partial charge on any atom is 0.322 e. The minimum Gasteiger partial charge on any atom is -0.383 e. The molecule has 1 aromatic carbocycles. The highest BCUT2D eigenvalue weighted by Crippen LogP contribution is 2.35. The number of anilines is 1. The topological polar surface area (TPSA) is 88.4 Å². The summed E-state index contributed by atoms with van der Waals surface area (Å²) in [5, 5.41) is 14.7. The van der Waals surface area contributed by atoms with Crippen LogP contribution in [0.15, 0.2) is 24.3 Å². The molecule has 0 radical (unpaired) electrons. The SMILES string of the molecule is COCCn1nnnc1C1(N(C)C)CCN(C(=O)Nc2ccccc2F)C1. The Morgan fingerprint density at radius 1 is 1.41 bits per heavy atom. The quantitative estimate of drug-likeness (QED) is 0.813. The fourth-order valence-electron chi connectivity index (χ4n) is 3.34. The number of amides is 2. The fourth-order valence-corrected chi connectivity index (χ4v) is 3.34. The highest BCUT2D eigenvalue weighted by Gasteiger charge is 2.47. The Kier molecular flexibility index (Phi) is 5.66. The number of halogens is 1.